The fourth-order valence-corrected chi connectivity index (χ4v) is 2.53. The van der Waals surface area contributed by atoms with Crippen LogP contribution in [0.1, 0.15) is 26.3 Å². The molecule has 0 aliphatic heterocycles. The van der Waals surface area contributed by atoms with Gasteiger partial charge in [0.25, 0.3) is 0 Å². The number of carbonyl (C=O) groups is 1. The van der Waals surface area contributed by atoms with E-state index >= 15 is 0 Å². The molecule has 0 atom stereocenters. The van der Waals surface area contributed by atoms with Gasteiger partial charge in [-0.15, -0.1) is 11.8 Å². The van der Waals surface area contributed by atoms with E-state index in [-0.39, 0.29) is 18.3 Å². The van der Waals surface area contributed by atoms with E-state index in [4.69, 9.17) is 4.74 Å². The first-order chi connectivity index (χ1) is 8.31. The molecule has 0 bridgehead atoms. The Morgan fingerprint density at radius 3 is 2.67 bits per heavy atom. The van der Waals surface area contributed by atoms with Crippen LogP contribution < -0.4 is 0 Å². The quantitative estimate of drug-likeness (QED) is 0.678. The van der Waals surface area contributed by atoms with E-state index in [1.54, 1.807) is 0 Å². The number of rotatable bonds is 4. The number of hydrogen-bond donors (Lipinski definition) is 1. The number of aliphatic hydroxyl groups is 1. The minimum atomic E-state index is -0.461. The van der Waals surface area contributed by atoms with Gasteiger partial charge in [0.15, 0.2) is 0 Å². The molecule has 0 spiro atoms. The first kappa shape index (κ1) is 15.5. The lowest BCUT2D eigenvalue weighted by molar-refractivity contribution is -0.151. The third kappa shape index (κ3) is 5.42. The number of halogens is 1. The Balaban J connectivity index is 2.61. The van der Waals surface area contributed by atoms with Crippen molar-refractivity contribution in [2.45, 2.75) is 37.9 Å². The van der Waals surface area contributed by atoms with Crippen LogP contribution in [-0.4, -0.2) is 22.4 Å². The third-order valence-corrected chi connectivity index (χ3v) is 3.54. The molecule has 1 aromatic rings. The minimum Gasteiger partial charge on any atom is -0.459 e. The molecule has 0 saturated heterocycles. The van der Waals surface area contributed by atoms with Crippen LogP contribution in [0.2, 0.25) is 0 Å². The summed E-state index contributed by atoms with van der Waals surface area (Å²) in [4.78, 5) is 12.5. The smallest absolute Gasteiger partial charge is 0.316 e. The maximum atomic E-state index is 11.6. The van der Waals surface area contributed by atoms with Crippen molar-refractivity contribution in [3.8, 4) is 0 Å². The van der Waals surface area contributed by atoms with Gasteiger partial charge in [0.05, 0.1) is 12.4 Å². The fraction of sp³-hybridized carbons (Fsp3) is 0.462. The summed E-state index contributed by atoms with van der Waals surface area (Å²) in [5.41, 5.74) is 0.342. The number of thioether (sulfide) groups is 1. The molecule has 0 aromatic heterocycles. The molecule has 5 heteroatoms. The molecule has 100 valence electrons. The molecule has 0 saturated carbocycles. The molecule has 0 heterocycles. The normalized spacial score (nSPS) is 11.4. The molecule has 18 heavy (non-hydrogen) atoms. The number of ether oxygens (including phenoxy) is 1. The molecule has 0 aliphatic carbocycles. The highest BCUT2D eigenvalue weighted by atomic mass is 79.9. The van der Waals surface area contributed by atoms with Crippen molar-refractivity contribution in [3.05, 3.63) is 28.2 Å². The summed E-state index contributed by atoms with van der Waals surface area (Å²) in [5.74, 6) is -0.00867. The van der Waals surface area contributed by atoms with Gasteiger partial charge in [-0.1, -0.05) is 15.9 Å². The van der Waals surface area contributed by atoms with E-state index in [0.29, 0.717) is 0 Å². The molecule has 0 amide bonds. The Kier molecular flexibility index (Phi) is 5.69. The van der Waals surface area contributed by atoms with Crippen LogP contribution in [0.3, 0.4) is 0 Å². The van der Waals surface area contributed by atoms with Crippen LogP contribution in [0.5, 0.6) is 0 Å². The summed E-state index contributed by atoms with van der Waals surface area (Å²) < 4.78 is 6.14. The Morgan fingerprint density at radius 1 is 1.44 bits per heavy atom. The lowest BCUT2D eigenvalue weighted by Gasteiger charge is -2.19. The first-order valence-corrected chi connectivity index (χ1v) is 7.33. The van der Waals surface area contributed by atoms with Crippen LogP contribution in [0.15, 0.2) is 27.6 Å². The summed E-state index contributed by atoms with van der Waals surface area (Å²) in [7, 11) is 0. The van der Waals surface area contributed by atoms with E-state index in [9.17, 15) is 9.90 Å². The van der Waals surface area contributed by atoms with Crippen LogP contribution >= 0.6 is 27.7 Å². The van der Waals surface area contributed by atoms with Gasteiger partial charge in [-0.05, 0) is 44.5 Å². The minimum absolute atomic E-state index is 0.0455. The summed E-state index contributed by atoms with van der Waals surface area (Å²) in [5, 5.41) is 9.24. The highest BCUT2D eigenvalue weighted by Crippen LogP contribution is 2.26. The van der Waals surface area contributed by atoms with Crippen molar-refractivity contribution >= 4 is 33.7 Å². The van der Waals surface area contributed by atoms with Gasteiger partial charge < -0.3 is 9.84 Å². The summed E-state index contributed by atoms with van der Waals surface area (Å²) in [6.07, 6.45) is 0. The molecule has 1 N–H and O–H groups in total. The second-order valence-electron chi connectivity index (χ2n) is 4.79. The second-order valence-corrected chi connectivity index (χ2v) is 6.72. The zero-order valence-electron chi connectivity index (χ0n) is 10.7. The molecular weight excluding hydrogens is 316 g/mol. The zero-order chi connectivity index (χ0) is 13.8. The van der Waals surface area contributed by atoms with E-state index in [1.165, 1.54) is 11.8 Å². The van der Waals surface area contributed by atoms with Crippen LogP contribution in [-0.2, 0) is 16.1 Å². The highest BCUT2D eigenvalue weighted by Gasteiger charge is 2.16. The predicted octanol–water partition coefficient (Wildman–Crippen LogP) is 3.38. The second kappa shape index (κ2) is 6.59. The Hall–Kier alpha value is -0.520. The van der Waals surface area contributed by atoms with Gasteiger partial charge in [-0.2, -0.15) is 0 Å². The molecular formula is C13H17BrO3S. The van der Waals surface area contributed by atoms with E-state index in [1.807, 2.05) is 39.0 Å². The number of aliphatic hydroxyl groups excluding tert-OH is 1. The van der Waals surface area contributed by atoms with Crippen molar-refractivity contribution < 1.29 is 14.6 Å². The molecule has 0 unspecified atom stereocenters. The predicted molar refractivity (Wildman–Crippen MR) is 76.6 cm³/mol. The number of esters is 1. The van der Waals surface area contributed by atoms with E-state index < -0.39 is 5.60 Å². The molecule has 0 fully saturated rings. The van der Waals surface area contributed by atoms with Crippen molar-refractivity contribution in [2.75, 3.05) is 5.75 Å². The van der Waals surface area contributed by atoms with Gasteiger partial charge >= 0.3 is 5.97 Å². The Bertz CT molecular complexity index is 427. The summed E-state index contributed by atoms with van der Waals surface area (Å²) >= 11 is 4.72. The van der Waals surface area contributed by atoms with Crippen LogP contribution in [0.25, 0.3) is 0 Å². The van der Waals surface area contributed by atoms with E-state index in [0.717, 1.165) is 14.9 Å². The third-order valence-electron chi connectivity index (χ3n) is 1.96. The van der Waals surface area contributed by atoms with Gasteiger partial charge in [0.2, 0.25) is 0 Å². The van der Waals surface area contributed by atoms with Crippen LogP contribution in [0, 0.1) is 0 Å². The SMILES string of the molecule is CC(C)(C)OC(=O)CSc1ccc(Br)cc1CO. The average molecular weight is 333 g/mol. The lowest BCUT2D eigenvalue weighted by atomic mass is 10.2. The fourth-order valence-electron chi connectivity index (χ4n) is 1.32. The molecule has 1 rings (SSSR count). The van der Waals surface area contributed by atoms with Gasteiger partial charge in [-0.25, -0.2) is 0 Å². The molecule has 0 radical (unpaired) electrons. The first-order valence-electron chi connectivity index (χ1n) is 5.56. The van der Waals surface area contributed by atoms with Crippen molar-refractivity contribution in [1.82, 2.24) is 0 Å². The molecule has 0 aliphatic rings. The van der Waals surface area contributed by atoms with Crippen molar-refractivity contribution in [1.29, 1.82) is 0 Å². The van der Waals surface area contributed by atoms with Gasteiger partial charge in [0.1, 0.15) is 5.60 Å². The van der Waals surface area contributed by atoms with Gasteiger partial charge in [-0.3, -0.25) is 4.79 Å². The number of carbonyl (C=O) groups excluding carboxylic acids is 1. The van der Waals surface area contributed by atoms with Crippen molar-refractivity contribution in [3.63, 3.8) is 0 Å². The standard InChI is InChI=1S/C13H17BrO3S/c1-13(2,3)17-12(16)8-18-11-5-4-10(14)6-9(11)7-15/h4-6,15H,7-8H2,1-3H3. The highest BCUT2D eigenvalue weighted by molar-refractivity contribution is 9.10. The maximum Gasteiger partial charge on any atom is 0.316 e. The average Bonchev–Trinajstić information content (AvgIpc) is 2.24. The van der Waals surface area contributed by atoms with Crippen molar-refractivity contribution in [2.24, 2.45) is 0 Å². The number of hydrogen-bond acceptors (Lipinski definition) is 4. The van der Waals surface area contributed by atoms with Crippen LogP contribution in [0.4, 0.5) is 0 Å². The van der Waals surface area contributed by atoms with Gasteiger partial charge in [0, 0.05) is 9.37 Å². The maximum absolute atomic E-state index is 11.6. The largest absolute Gasteiger partial charge is 0.459 e. The summed E-state index contributed by atoms with van der Waals surface area (Å²) in [6, 6.07) is 5.61. The summed E-state index contributed by atoms with van der Waals surface area (Å²) in [6.45, 7) is 5.48. The molecule has 3 nitrogen and oxygen atoms in total. The zero-order valence-corrected chi connectivity index (χ0v) is 13.1. The lowest BCUT2D eigenvalue weighted by Crippen LogP contribution is -2.24. The number of benzene rings is 1. The molecule has 1 aromatic carbocycles. The topological polar surface area (TPSA) is 46.5 Å². The Labute approximate surface area is 120 Å². The monoisotopic (exact) mass is 332 g/mol. The van der Waals surface area contributed by atoms with E-state index in [2.05, 4.69) is 15.9 Å². The Morgan fingerprint density at radius 2 is 2.11 bits per heavy atom.